The van der Waals surface area contributed by atoms with Crippen LogP contribution >= 0.6 is 0 Å². The fourth-order valence-corrected chi connectivity index (χ4v) is 4.23. The van der Waals surface area contributed by atoms with Crippen LogP contribution in [0.15, 0.2) is 0 Å². The van der Waals surface area contributed by atoms with E-state index in [1.807, 2.05) is 0 Å². The highest BCUT2D eigenvalue weighted by atomic mass is 16.5. The van der Waals surface area contributed by atoms with Crippen LogP contribution in [0.5, 0.6) is 0 Å². The van der Waals surface area contributed by atoms with E-state index >= 15 is 0 Å². The van der Waals surface area contributed by atoms with E-state index in [0.29, 0.717) is 30.0 Å². The zero-order chi connectivity index (χ0) is 19.4. The number of carbonyl (C=O) groups excluding carboxylic acids is 1. The zero-order valence-corrected chi connectivity index (χ0v) is 18.0. The Morgan fingerprint density at radius 3 is 2.00 bits per heavy atom. The number of nitrogens with zero attached hydrogens (tertiary/aromatic N) is 4. The highest BCUT2D eigenvalue weighted by molar-refractivity contribution is 5.78. The van der Waals surface area contributed by atoms with Crippen molar-refractivity contribution < 1.29 is 9.53 Å². The largest absolute Gasteiger partial charge is 0.378 e. The van der Waals surface area contributed by atoms with Gasteiger partial charge in [0.25, 0.3) is 0 Å². The Balaban J connectivity index is 1.35. The molecule has 6 heteroatoms. The van der Waals surface area contributed by atoms with Crippen LogP contribution in [0.1, 0.15) is 40.5 Å². The Morgan fingerprint density at radius 2 is 1.48 bits per heavy atom. The van der Waals surface area contributed by atoms with Crippen LogP contribution in [0.25, 0.3) is 0 Å². The van der Waals surface area contributed by atoms with Gasteiger partial charge in [0.1, 0.15) is 0 Å². The van der Waals surface area contributed by atoms with Crippen molar-refractivity contribution in [3.8, 4) is 0 Å². The number of carbonyl (C=O) groups is 1. The van der Waals surface area contributed by atoms with Crippen LogP contribution in [0.4, 0.5) is 0 Å². The number of hydrogen-bond donors (Lipinski definition) is 0. The molecule has 0 radical (unpaired) electrons. The second-order valence-electron chi connectivity index (χ2n) is 9.42. The van der Waals surface area contributed by atoms with Crippen molar-refractivity contribution in [3.63, 3.8) is 0 Å². The maximum atomic E-state index is 12.7. The van der Waals surface area contributed by atoms with Crippen LogP contribution < -0.4 is 0 Å². The van der Waals surface area contributed by atoms with Crippen LogP contribution in [0, 0.1) is 5.41 Å². The van der Waals surface area contributed by atoms with Crippen molar-refractivity contribution in [1.29, 1.82) is 0 Å². The maximum Gasteiger partial charge on any atom is 0.236 e. The van der Waals surface area contributed by atoms with E-state index in [1.165, 1.54) is 12.8 Å². The van der Waals surface area contributed by atoms with Gasteiger partial charge in [0.15, 0.2) is 0 Å². The van der Waals surface area contributed by atoms with Crippen molar-refractivity contribution >= 4 is 5.91 Å². The molecule has 27 heavy (non-hydrogen) atoms. The molecule has 1 aliphatic carbocycles. The molecule has 2 aliphatic heterocycles. The lowest BCUT2D eigenvalue weighted by molar-refractivity contribution is -0.134. The van der Waals surface area contributed by atoms with E-state index in [2.05, 4.69) is 47.3 Å². The van der Waals surface area contributed by atoms with Crippen LogP contribution in [-0.4, -0.2) is 110 Å². The third-order valence-electron chi connectivity index (χ3n) is 6.46. The Labute approximate surface area is 165 Å². The van der Waals surface area contributed by atoms with E-state index < -0.39 is 0 Å². The molecule has 0 unspecified atom stereocenters. The van der Waals surface area contributed by atoms with Gasteiger partial charge in [-0.25, -0.2) is 0 Å². The average Bonchev–Trinajstić information content (AvgIpc) is 3.41. The van der Waals surface area contributed by atoms with E-state index in [4.69, 9.17) is 4.74 Å². The number of hydrogen-bond acceptors (Lipinski definition) is 5. The minimum Gasteiger partial charge on any atom is -0.378 e. The highest BCUT2D eigenvalue weighted by Gasteiger charge is 2.44. The Hall–Kier alpha value is -0.690. The molecule has 3 rings (SSSR count). The molecule has 2 saturated heterocycles. The molecule has 0 spiro atoms. The lowest BCUT2D eigenvalue weighted by Gasteiger charge is -2.39. The summed E-state index contributed by atoms with van der Waals surface area (Å²) in [6.45, 7) is 19.3. The molecule has 2 heterocycles. The van der Waals surface area contributed by atoms with Crippen LogP contribution in [-0.2, 0) is 9.53 Å². The van der Waals surface area contributed by atoms with Crippen LogP contribution in [0.2, 0.25) is 0 Å². The van der Waals surface area contributed by atoms with Crippen LogP contribution in [0.3, 0.4) is 0 Å². The smallest absolute Gasteiger partial charge is 0.236 e. The topological polar surface area (TPSA) is 39.3 Å². The second kappa shape index (κ2) is 9.21. The summed E-state index contributed by atoms with van der Waals surface area (Å²) in [6.07, 6.45) is 2.90. The summed E-state index contributed by atoms with van der Waals surface area (Å²) >= 11 is 0. The van der Waals surface area contributed by atoms with Gasteiger partial charge in [-0.15, -0.1) is 0 Å². The average molecular weight is 381 g/mol. The van der Waals surface area contributed by atoms with E-state index in [0.717, 1.165) is 65.5 Å². The fourth-order valence-electron chi connectivity index (χ4n) is 4.23. The number of ether oxygens (including phenoxy) is 1. The van der Waals surface area contributed by atoms with Gasteiger partial charge in [-0.2, -0.15) is 0 Å². The van der Waals surface area contributed by atoms with Gasteiger partial charge >= 0.3 is 0 Å². The van der Waals surface area contributed by atoms with Gasteiger partial charge in [0.2, 0.25) is 5.91 Å². The number of amides is 1. The Bertz CT molecular complexity index is 477. The molecule has 0 atom stereocenters. The second-order valence-corrected chi connectivity index (χ2v) is 9.42. The van der Waals surface area contributed by atoms with E-state index in [1.54, 1.807) is 0 Å². The van der Waals surface area contributed by atoms with Crippen molar-refractivity contribution in [3.05, 3.63) is 0 Å². The van der Waals surface area contributed by atoms with E-state index in [-0.39, 0.29) is 0 Å². The first-order chi connectivity index (χ1) is 12.9. The predicted octanol–water partition coefficient (Wildman–Crippen LogP) is 1.36. The summed E-state index contributed by atoms with van der Waals surface area (Å²) in [4.78, 5) is 22.1. The minimum absolute atomic E-state index is 0.317. The van der Waals surface area contributed by atoms with Gasteiger partial charge < -0.3 is 9.64 Å². The molecule has 0 bridgehead atoms. The lowest BCUT2D eigenvalue weighted by atomic mass is 10.1. The SMILES string of the molecule is CC(C)OCC1(CN2CCN(C(=O)CN3CCN(C(C)C)CC3)CC2)CC1. The first-order valence-corrected chi connectivity index (χ1v) is 10.9. The third kappa shape index (κ3) is 6.14. The molecule has 0 aromatic carbocycles. The summed E-state index contributed by atoms with van der Waals surface area (Å²) in [5.74, 6) is 0.317. The summed E-state index contributed by atoms with van der Waals surface area (Å²) in [6, 6.07) is 0.608. The summed E-state index contributed by atoms with van der Waals surface area (Å²) < 4.78 is 5.88. The summed E-state index contributed by atoms with van der Waals surface area (Å²) in [5, 5.41) is 0. The molecule has 6 nitrogen and oxygen atoms in total. The van der Waals surface area contributed by atoms with Gasteiger partial charge in [0, 0.05) is 70.4 Å². The molecule has 1 amide bonds. The normalized spacial score (nSPS) is 24.7. The van der Waals surface area contributed by atoms with Gasteiger partial charge in [-0.1, -0.05) is 0 Å². The standard InChI is InChI=1S/C21H40N4O2/c1-18(2)24-11-7-22(8-12-24)15-20(26)25-13-9-23(10-14-25)16-21(5-6-21)17-27-19(3)4/h18-19H,5-17H2,1-4H3. The van der Waals surface area contributed by atoms with Gasteiger partial charge in [0.05, 0.1) is 19.3 Å². The fraction of sp³-hybridized carbons (Fsp3) is 0.952. The van der Waals surface area contributed by atoms with Crippen molar-refractivity contribution in [1.82, 2.24) is 19.6 Å². The first kappa shape index (κ1) is 21.0. The number of piperazine rings is 2. The first-order valence-electron chi connectivity index (χ1n) is 10.9. The van der Waals surface area contributed by atoms with E-state index in [9.17, 15) is 4.79 Å². The monoisotopic (exact) mass is 380 g/mol. The summed E-state index contributed by atoms with van der Waals surface area (Å²) in [7, 11) is 0. The molecule has 0 aromatic heterocycles. The Kier molecular flexibility index (Phi) is 7.17. The van der Waals surface area contributed by atoms with Crippen molar-refractivity contribution in [2.45, 2.75) is 52.7 Å². The lowest BCUT2D eigenvalue weighted by Crippen LogP contribution is -2.55. The predicted molar refractivity (Wildman–Crippen MR) is 109 cm³/mol. The summed E-state index contributed by atoms with van der Waals surface area (Å²) in [5.41, 5.74) is 0.395. The molecule has 156 valence electrons. The van der Waals surface area contributed by atoms with Crippen molar-refractivity contribution in [2.75, 3.05) is 72.1 Å². The van der Waals surface area contributed by atoms with Crippen molar-refractivity contribution in [2.24, 2.45) is 5.41 Å². The minimum atomic E-state index is 0.317. The molecule has 3 aliphatic rings. The molecular weight excluding hydrogens is 340 g/mol. The molecular formula is C21H40N4O2. The Morgan fingerprint density at radius 1 is 0.889 bits per heavy atom. The molecule has 0 N–H and O–H groups in total. The molecule has 1 saturated carbocycles. The molecule has 0 aromatic rings. The zero-order valence-electron chi connectivity index (χ0n) is 18.0. The third-order valence-corrected chi connectivity index (χ3v) is 6.46. The van der Waals surface area contributed by atoms with Gasteiger partial charge in [-0.05, 0) is 40.5 Å². The quantitative estimate of drug-likeness (QED) is 0.636. The van der Waals surface area contributed by atoms with Gasteiger partial charge in [-0.3, -0.25) is 19.5 Å². The molecule has 3 fully saturated rings. The highest BCUT2D eigenvalue weighted by Crippen LogP contribution is 2.46. The maximum absolute atomic E-state index is 12.7. The number of rotatable bonds is 8.